The molecular formula is C11H14N4O2. The molecule has 17 heavy (non-hydrogen) atoms. The predicted octanol–water partition coefficient (Wildman–Crippen LogP) is -0.328. The minimum Gasteiger partial charge on any atom is -0.383 e. The molecule has 1 aromatic rings. The van der Waals surface area contributed by atoms with E-state index in [1.807, 2.05) is 0 Å². The van der Waals surface area contributed by atoms with Gasteiger partial charge in [0, 0.05) is 12.7 Å². The van der Waals surface area contributed by atoms with Crippen molar-refractivity contribution in [3.8, 4) is 0 Å². The van der Waals surface area contributed by atoms with Crippen LogP contribution in [0.25, 0.3) is 0 Å². The van der Waals surface area contributed by atoms with Gasteiger partial charge in [0.25, 0.3) is 5.91 Å². The zero-order valence-electron chi connectivity index (χ0n) is 9.27. The van der Waals surface area contributed by atoms with Gasteiger partial charge in [-0.1, -0.05) is 0 Å². The summed E-state index contributed by atoms with van der Waals surface area (Å²) in [6.45, 7) is 0.667. The second kappa shape index (κ2) is 4.82. The zero-order chi connectivity index (χ0) is 12.3. The van der Waals surface area contributed by atoms with Crippen molar-refractivity contribution in [3.63, 3.8) is 0 Å². The molecule has 2 heterocycles. The second-order valence-corrected chi connectivity index (χ2v) is 3.90. The highest BCUT2D eigenvalue weighted by atomic mass is 16.2. The van der Waals surface area contributed by atoms with E-state index in [0.29, 0.717) is 18.5 Å². The van der Waals surface area contributed by atoms with Gasteiger partial charge in [0.15, 0.2) is 0 Å². The van der Waals surface area contributed by atoms with E-state index in [1.54, 1.807) is 12.1 Å². The Labute approximate surface area is 98.6 Å². The summed E-state index contributed by atoms with van der Waals surface area (Å²) < 4.78 is 0. The molecule has 1 atom stereocenters. The Bertz CT molecular complexity index is 447. The summed E-state index contributed by atoms with van der Waals surface area (Å²) in [5, 5.41) is 5.36. The highest BCUT2D eigenvalue weighted by Crippen LogP contribution is 2.09. The lowest BCUT2D eigenvalue weighted by Crippen LogP contribution is -2.50. The first-order valence-electron chi connectivity index (χ1n) is 5.47. The van der Waals surface area contributed by atoms with Crippen LogP contribution in [0.4, 0.5) is 5.82 Å². The monoisotopic (exact) mass is 234 g/mol. The lowest BCUT2D eigenvalue weighted by Gasteiger charge is -2.22. The van der Waals surface area contributed by atoms with Crippen LogP contribution in [0.15, 0.2) is 18.3 Å². The van der Waals surface area contributed by atoms with E-state index >= 15 is 0 Å². The number of aromatic nitrogens is 1. The number of anilines is 1. The first-order chi connectivity index (χ1) is 8.18. The molecule has 6 heteroatoms. The molecule has 0 aromatic carbocycles. The number of carbonyl (C=O) groups excluding carboxylic acids is 2. The van der Waals surface area contributed by atoms with Gasteiger partial charge in [-0.3, -0.25) is 9.59 Å². The first-order valence-corrected chi connectivity index (χ1v) is 5.47. The summed E-state index contributed by atoms with van der Waals surface area (Å²) in [6, 6.07) is 2.74. The van der Waals surface area contributed by atoms with Gasteiger partial charge in [-0.25, -0.2) is 4.98 Å². The maximum atomic E-state index is 11.9. The SMILES string of the molecule is Nc1ncccc1C(=O)NC1CCCNC1=O. The third kappa shape index (κ3) is 2.52. The Kier molecular flexibility index (Phi) is 3.22. The van der Waals surface area contributed by atoms with E-state index in [4.69, 9.17) is 5.73 Å². The van der Waals surface area contributed by atoms with Crippen molar-refractivity contribution in [2.75, 3.05) is 12.3 Å². The van der Waals surface area contributed by atoms with Crippen LogP contribution < -0.4 is 16.4 Å². The molecule has 1 aliphatic rings. The van der Waals surface area contributed by atoms with Gasteiger partial charge < -0.3 is 16.4 Å². The fourth-order valence-corrected chi connectivity index (χ4v) is 1.76. The Morgan fingerprint density at radius 1 is 1.59 bits per heavy atom. The lowest BCUT2D eigenvalue weighted by atomic mass is 10.1. The highest BCUT2D eigenvalue weighted by molar-refractivity contribution is 6.00. The molecule has 2 rings (SSSR count). The van der Waals surface area contributed by atoms with E-state index in [9.17, 15) is 9.59 Å². The molecule has 1 aliphatic heterocycles. The number of amides is 2. The number of pyridine rings is 1. The van der Waals surface area contributed by atoms with E-state index in [1.165, 1.54) is 6.20 Å². The average Bonchev–Trinajstić information content (AvgIpc) is 2.32. The predicted molar refractivity (Wildman–Crippen MR) is 62.1 cm³/mol. The quantitative estimate of drug-likeness (QED) is 0.652. The number of nitrogens with one attached hydrogen (secondary N) is 2. The molecule has 0 radical (unpaired) electrons. The number of nitrogen functional groups attached to an aromatic ring is 1. The number of rotatable bonds is 2. The van der Waals surface area contributed by atoms with Crippen LogP contribution in [0.5, 0.6) is 0 Å². The van der Waals surface area contributed by atoms with Crippen molar-refractivity contribution in [2.24, 2.45) is 0 Å². The smallest absolute Gasteiger partial charge is 0.255 e. The molecule has 4 N–H and O–H groups in total. The Morgan fingerprint density at radius 3 is 3.12 bits per heavy atom. The van der Waals surface area contributed by atoms with Gasteiger partial charge in [0.1, 0.15) is 11.9 Å². The van der Waals surface area contributed by atoms with E-state index in [2.05, 4.69) is 15.6 Å². The third-order valence-electron chi connectivity index (χ3n) is 2.67. The van der Waals surface area contributed by atoms with Crippen molar-refractivity contribution in [1.29, 1.82) is 0 Å². The largest absolute Gasteiger partial charge is 0.383 e. The van der Waals surface area contributed by atoms with Crippen LogP contribution in [0.2, 0.25) is 0 Å². The topological polar surface area (TPSA) is 97.1 Å². The molecule has 0 saturated carbocycles. The molecule has 0 aliphatic carbocycles. The minimum absolute atomic E-state index is 0.146. The van der Waals surface area contributed by atoms with E-state index in [-0.39, 0.29) is 17.6 Å². The number of piperidine rings is 1. The number of hydrogen-bond donors (Lipinski definition) is 3. The molecule has 1 saturated heterocycles. The molecule has 90 valence electrons. The normalized spacial score (nSPS) is 19.5. The summed E-state index contributed by atoms with van der Waals surface area (Å²) in [5.41, 5.74) is 5.89. The van der Waals surface area contributed by atoms with Gasteiger partial charge in [0.2, 0.25) is 5.91 Å². The fraction of sp³-hybridized carbons (Fsp3) is 0.364. The van der Waals surface area contributed by atoms with Crippen LogP contribution >= 0.6 is 0 Å². The summed E-state index contributed by atoms with van der Waals surface area (Å²) in [7, 11) is 0. The summed E-state index contributed by atoms with van der Waals surface area (Å²) in [6.07, 6.45) is 3.02. The van der Waals surface area contributed by atoms with Crippen LogP contribution in [-0.4, -0.2) is 29.4 Å². The molecule has 2 amide bonds. The first kappa shape index (κ1) is 11.4. The number of hydrogen-bond acceptors (Lipinski definition) is 4. The van der Waals surface area contributed by atoms with Crippen LogP contribution in [0.1, 0.15) is 23.2 Å². The van der Waals surface area contributed by atoms with Crippen molar-refractivity contribution < 1.29 is 9.59 Å². The van der Waals surface area contributed by atoms with Gasteiger partial charge >= 0.3 is 0 Å². The third-order valence-corrected chi connectivity index (χ3v) is 2.67. The molecule has 1 aromatic heterocycles. The van der Waals surface area contributed by atoms with Crippen molar-refractivity contribution in [3.05, 3.63) is 23.9 Å². The fourth-order valence-electron chi connectivity index (χ4n) is 1.76. The lowest BCUT2D eigenvalue weighted by molar-refractivity contribution is -0.124. The van der Waals surface area contributed by atoms with Crippen LogP contribution in [-0.2, 0) is 4.79 Å². The maximum absolute atomic E-state index is 11.9. The van der Waals surface area contributed by atoms with E-state index in [0.717, 1.165) is 6.42 Å². The molecule has 6 nitrogen and oxygen atoms in total. The summed E-state index contributed by atoms with van der Waals surface area (Å²) >= 11 is 0. The summed E-state index contributed by atoms with van der Waals surface area (Å²) in [5.74, 6) is -0.342. The highest BCUT2D eigenvalue weighted by Gasteiger charge is 2.24. The molecular weight excluding hydrogens is 220 g/mol. The standard InChI is InChI=1S/C11H14N4O2/c12-9-7(3-1-5-13-9)10(16)15-8-4-2-6-14-11(8)17/h1,3,5,8H,2,4,6H2,(H2,12,13)(H,14,17)(H,15,16). The Morgan fingerprint density at radius 2 is 2.41 bits per heavy atom. The Balaban J connectivity index is 2.06. The maximum Gasteiger partial charge on any atom is 0.255 e. The zero-order valence-corrected chi connectivity index (χ0v) is 9.27. The molecule has 0 spiro atoms. The number of nitrogens with zero attached hydrogens (tertiary/aromatic N) is 1. The average molecular weight is 234 g/mol. The van der Waals surface area contributed by atoms with Crippen molar-refractivity contribution >= 4 is 17.6 Å². The number of nitrogens with two attached hydrogens (primary N) is 1. The van der Waals surface area contributed by atoms with Crippen molar-refractivity contribution in [2.45, 2.75) is 18.9 Å². The van der Waals surface area contributed by atoms with Gasteiger partial charge in [-0.15, -0.1) is 0 Å². The van der Waals surface area contributed by atoms with Crippen molar-refractivity contribution in [1.82, 2.24) is 15.6 Å². The van der Waals surface area contributed by atoms with Crippen LogP contribution in [0, 0.1) is 0 Å². The second-order valence-electron chi connectivity index (χ2n) is 3.90. The minimum atomic E-state index is -0.476. The van der Waals surface area contributed by atoms with Gasteiger partial charge in [0.05, 0.1) is 5.56 Å². The van der Waals surface area contributed by atoms with Crippen LogP contribution in [0.3, 0.4) is 0 Å². The molecule has 1 unspecified atom stereocenters. The van der Waals surface area contributed by atoms with Gasteiger partial charge in [-0.05, 0) is 25.0 Å². The molecule has 1 fully saturated rings. The summed E-state index contributed by atoms with van der Waals surface area (Å²) in [4.78, 5) is 27.2. The van der Waals surface area contributed by atoms with E-state index < -0.39 is 6.04 Å². The number of carbonyl (C=O) groups is 2. The Hall–Kier alpha value is -2.11. The van der Waals surface area contributed by atoms with Gasteiger partial charge in [-0.2, -0.15) is 0 Å². The molecule has 0 bridgehead atoms.